The van der Waals surface area contributed by atoms with Gasteiger partial charge in [-0.2, -0.15) is 10.2 Å². The van der Waals surface area contributed by atoms with Gasteiger partial charge in [-0.25, -0.2) is 0 Å². The zero-order chi connectivity index (χ0) is 5.98. The number of rotatable bonds is 0. The van der Waals surface area contributed by atoms with Gasteiger partial charge in [0.1, 0.15) is 12.3 Å². The number of nitriles is 1. The Bertz CT molecular complexity index is 224. The standard InChI is InChI=1S/C4HBrN2O/c5-4-7-3(1-6)2-8-4/h2H. The van der Waals surface area contributed by atoms with Crippen LogP contribution in [-0.2, 0) is 0 Å². The summed E-state index contributed by atoms with van der Waals surface area (Å²) in [6, 6.07) is 1.81. The van der Waals surface area contributed by atoms with Crippen molar-refractivity contribution in [2.24, 2.45) is 0 Å². The Hall–Kier alpha value is -0.820. The van der Waals surface area contributed by atoms with E-state index in [0.717, 1.165) is 0 Å². The molecular weight excluding hydrogens is 172 g/mol. The molecule has 1 heterocycles. The van der Waals surface area contributed by atoms with Gasteiger partial charge in [0.2, 0.25) is 0 Å². The minimum atomic E-state index is 0.289. The van der Waals surface area contributed by atoms with Crippen LogP contribution >= 0.6 is 15.9 Å². The Morgan fingerprint density at radius 1 is 1.88 bits per heavy atom. The van der Waals surface area contributed by atoms with Gasteiger partial charge in [-0.05, 0) is 0 Å². The summed E-state index contributed by atoms with van der Waals surface area (Å²) in [5.74, 6) is 0. The third-order valence-corrected chi connectivity index (χ3v) is 0.955. The summed E-state index contributed by atoms with van der Waals surface area (Å²) in [6.07, 6.45) is 1.28. The maximum absolute atomic E-state index is 8.16. The second-order valence-corrected chi connectivity index (χ2v) is 1.78. The maximum atomic E-state index is 8.16. The first kappa shape index (κ1) is 5.32. The van der Waals surface area contributed by atoms with Crippen molar-refractivity contribution in [3.05, 3.63) is 16.8 Å². The second kappa shape index (κ2) is 1.97. The molecule has 0 aliphatic heterocycles. The fourth-order valence-electron chi connectivity index (χ4n) is 0.303. The van der Waals surface area contributed by atoms with Crippen molar-refractivity contribution < 1.29 is 4.42 Å². The van der Waals surface area contributed by atoms with E-state index >= 15 is 0 Å². The third-order valence-electron chi connectivity index (χ3n) is 0.591. The highest BCUT2D eigenvalue weighted by Gasteiger charge is 1.95. The molecule has 0 aliphatic carbocycles. The van der Waals surface area contributed by atoms with Crippen LogP contribution in [0, 0.1) is 11.3 Å². The van der Waals surface area contributed by atoms with Gasteiger partial charge in [0.15, 0.2) is 5.69 Å². The lowest BCUT2D eigenvalue weighted by Gasteiger charge is -1.64. The van der Waals surface area contributed by atoms with Crippen LogP contribution in [0.5, 0.6) is 0 Å². The van der Waals surface area contributed by atoms with Crippen molar-refractivity contribution in [2.75, 3.05) is 0 Å². The smallest absolute Gasteiger partial charge is 0.265 e. The molecule has 1 rings (SSSR count). The van der Waals surface area contributed by atoms with Crippen molar-refractivity contribution >= 4 is 15.9 Å². The summed E-state index contributed by atoms with van der Waals surface area (Å²) in [6.45, 7) is 0. The molecule has 0 radical (unpaired) electrons. The topological polar surface area (TPSA) is 49.8 Å². The van der Waals surface area contributed by atoms with E-state index in [1.54, 1.807) is 0 Å². The van der Waals surface area contributed by atoms with Crippen LogP contribution in [0.15, 0.2) is 15.5 Å². The highest BCUT2D eigenvalue weighted by atomic mass is 79.9. The summed E-state index contributed by atoms with van der Waals surface area (Å²) >= 11 is 2.94. The Kier molecular flexibility index (Phi) is 1.31. The minimum absolute atomic E-state index is 0.289. The van der Waals surface area contributed by atoms with E-state index in [2.05, 4.69) is 25.3 Å². The Morgan fingerprint density at radius 3 is 2.88 bits per heavy atom. The van der Waals surface area contributed by atoms with Crippen molar-refractivity contribution in [3.63, 3.8) is 0 Å². The van der Waals surface area contributed by atoms with E-state index in [9.17, 15) is 0 Å². The highest BCUT2D eigenvalue weighted by Crippen LogP contribution is 2.06. The molecule has 3 nitrogen and oxygen atoms in total. The molecule has 0 fully saturated rings. The van der Waals surface area contributed by atoms with Crippen LogP contribution in [0.1, 0.15) is 5.69 Å². The van der Waals surface area contributed by atoms with Crippen molar-refractivity contribution in [1.82, 2.24) is 4.98 Å². The van der Waals surface area contributed by atoms with Gasteiger partial charge in [0.05, 0.1) is 0 Å². The molecule has 0 amide bonds. The number of aromatic nitrogens is 1. The van der Waals surface area contributed by atoms with Crippen LogP contribution in [-0.4, -0.2) is 4.98 Å². The van der Waals surface area contributed by atoms with E-state index in [1.165, 1.54) is 6.26 Å². The van der Waals surface area contributed by atoms with Gasteiger partial charge in [-0.3, -0.25) is 0 Å². The molecule has 0 unspecified atom stereocenters. The van der Waals surface area contributed by atoms with Crippen LogP contribution in [0.3, 0.4) is 0 Å². The van der Waals surface area contributed by atoms with E-state index < -0.39 is 0 Å². The monoisotopic (exact) mass is 172 g/mol. The number of oxazole rings is 1. The molecule has 0 aliphatic rings. The number of halogens is 1. The lowest BCUT2D eigenvalue weighted by Crippen LogP contribution is -1.66. The SMILES string of the molecule is N#Cc1coc(Br)n1. The van der Waals surface area contributed by atoms with Gasteiger partial charge in [-0.15, -0.1) is 0 Å². The summed E-state index contributed by atoms with van der Waals surface area (Å²) in [5, 5.41) is 8.16. The number of hydrogen-bond acceptors (Lipinski definition) is 3. The Morgan fingerprint density at radius 2 is 2.62 bits per heavy atom. The molecule has 1 aromatic heterocycles. The summed E-state index contributed by atoms with van der Waals surface area (Å²) in [7, 11) is 0. The second-order valence-electron chi connectivity index (χ2n) is 1.10. The molecule has 0 bridgehead atoms. The van der Waals surface area contributed by atoms with E-state index in [4.69, 9.17) is 5.26 Å². The Labute approximate surface area is 54.1 Å². The first-order valence-electron chi connectivity index (χ1n) is 1.84. The molecule has 0 spiro atoms. The van der Waals surface area contributed by atoms with E-state index in [1.807, 2.05) is 6.07 Å². The molecule has 0 saturated heterocycles. The fraction of sp³-hybridized carbons (Fsp3) is 0. The van der Waals surface area contributed by atoms with E-state index in [-0.39, 0.29) is 5.69 Å². The number of nitrogens with zero attached hydrogens (tertiary/aromatic N) is 2. The maximum Gasteiger partial charge on any atom is 0.265 e. The average molecular weight is 173 g/mol. The van der Waals surface area contributed by atoms with Crippen molar-refractivity contribution in [2.45, 2.75) is 0 Å². The lowest BCUT2D eigenvalue weighted by atomic mass is 10.6. The quantitative estimate of drug-likeness (QED) is 0.594. The highest BCUT2D eigenvalue weighted by molar-refractivity contribution is 9.10. The first-order chi connectivity index (χ1) is 3.83. The third kappa shape index (κ3) is 0.873. The van der Waals surface area contributed by atoms with Gasteiger partial charge in [0, 0.05) is 15.9 Å². The van der Waals surface area contributed by atoms with Crippen LogP contribution in [0.2, 0.25) is 0 Å². The summed E-state index contributed by atoms with van der Waals surface area (Å²) in [5.41, 5.74) is 0.289. The van der Waals surface area contributed by atoms with E-state index in [0.29, 0.717) is 4.80 Å². The molecule has 0 aromatic carbocycles. The number of hydrogen-bond donors (Lipinski definition) is 0. The first-order valence-corrected chi connectivity index (χ1v) is 2.63. The molecule has 40 valence electrons. The van der Waals surface area contributed by atoms with Gasteiger partial charge in [-0.1, -0.05) is 0 Å². The van der Waals surface area contributed by atoms with Gasteiger partial charge < -0.3 is 4.42 Å². The zero-order valence-corrected chi connectivity index (χ0v) is 5.34. The fourth-order valence-corrected chi connectivity index (χ4v) is 0.588. The van der Waals surface area contributed by atoms with Crippen molar-refractivity contribution in [3.8, 4) is 6.07 Å². The van der Waals surface area contributed by atoms with Crippen LogP contribution in [0.25, 0.3) is 0 Å². The van der Waals surface area contributed by atoms with Crippen molar-refractivity contribution in [1.29, 1.82) is 5.26 Å². The average Bonchev–Trinajstić information content (AvgIpc) is 2.14. The Balaban J connectivity index is 3.05. The molecular formula is C4HBrN2O. The van der Waals surface area contributed by atoms with Crippen LogP contribution in [0.4, 0.5) is 0 Å². The lowest BCUT2D eigenvalue weighted by molar-refractivity contribution is 0.528. The zero-order valence-electron chi connectivity index (χ0n) is 3.76. The largest absolute Gasteiger partial charge is 0.438 e. The van der Waals surface area contributed by atoms with Gasteiger partial charge >= 0.3 is 0 Å². The van der Waals surface area contributed by atoms with Crippen LogP contribution < -0.4 is 0 Å². The van der Waals surface area contributed by atoms with Gasteiger partial charge in [0.25, 0.3) is 4.80 Å². The minimum Gasteiger partial charge on any atom is -0.438 e. The normalized spacial score (nSPS) is 8.50. The molecule has 0 atom stereocenters. The molecule has 4 heteroatoms. The molecule has 1 aromatic rings. The predicted octanol–water partition coefficient (Wildman–Crippen LogP) is 1.31. The molecule has 0 N–H and O–H groups in total. The molecule has 0 saturated carbocycles. The predicted molar refractivity (Wildman–Crippen MR) is 28.9 cm³/mol. The molecule has 8 heavy (non-hydrogen) atoms. The summed E-state index contributed by atoms with van der Waals surface area (Å²) < 4.78 is 4.64. The summed E-state index contributed by atoms with van der Waals surface area (Å²) in [4.78, 5) is 3.96.